The van der Waals surface area contributed by atoms with E-state index in [0.29, 0.717) is 39.5 Å². The van der Waals surface area contributed by atoms with Crippen molar-refractivity contribution in [3.8, 4) is 45.6 Å². The SMILES string of the molecule is COc1cc(-c2c3c4cc(OC)c(O)cc4oc(=O)c3n3ccc4c(CN(C)C)c(O)c(OC)cc4c23)ccc1O. The molecule has 0 saturated heterocycles. The zero-order chi connectivity index (χ0) is 29.2. The average Bonchev–Trinajstić information content (AvgIpc) is 3.30. The summed E-state index contributed by atoms with van der Waals surface area (Å²) in [4.78, 5) is 15.5. The lowest BCUT2D eigenvalue weighted by Gasteiger charge is -2.17. The Bertz CT molecular complexity index is 2070. The molecule has 6 aromatic rings. The maximum atomic E-state index is 13.6. The van der Waals surface area contributed by atoms with Crippen LogP contribution in [0.1, 0.15) is 5.56 Å². The molecule has 210 valence electrons. The summed E-state index contributed by atoms with van der Waals surface area (Å²) in [6.07, 6.45) is 1.77. The van der Waals surface area contributed by atoms with Crippen molar-refractivity contribution in [2.75, 3.05) is 35.4 Å². The van der Waals surface area contributed by atoms with Crippen LogP contribution in [-0.2, 0) is 6.54 Å². The molecule has 0 aliphatic rings. The molecule has 0 spiro atoms. The lowest BCUT2D eigenvalue weighted by molar-refractivity contribution is 0.356. The lowest BCUT2D eigenvalue weighted by atomic mass is 9.96. The highest BCUT2D eigenvalue weighted by atomic mass is 16.5. The van der Waals surface area contributed by atoms with Gasteiger partial charge in [-0.1, -0.05) is 6.07 Å². The Balaban J connectivity index is 1.93. The zero-order valence-corrected chi connectivity index (χ0v) is 23.1. The summed E-state index contributed by atoms with van der Waals surface area (Å²) in [5.74, 6) is 0.573. The second-order valence-corrected chi connectivity index (χ2v) is 10.0. The van der Waals surface area contributed by atoms with Gasteiger partial charge in [0.2, 0.25) is 0 Å². The molecule has 0 radical (unpaired) electrons. The summed E-state index contributed by atoms with van der Waals surface area (Å²) in [5.41, 5.74) is 2.45. The van der Waals surface area contributed by atoms with Crippen LogP contribution in [0.5, 0.6) is 34.5 Å². The molecule has 41 heavy (non-hydrogen) atoms. The molecule has 3 heterocycles. The van der Waals surface area contributed by atoms with Crippen LogP contribution in [0, 0.1) is 0 Å². The van der Waals surface area contributed by atoms with E-state index in [1.165, 1.54) is 33.5 Å². The fourth-order valence-corrected chi connectivity index (χ4v) is 5.60. The van der Waals surface area contributed by atoms with Gasteiger partial charge in [0.05, 0.1) is 26.8 Å². The van der Waals surface area contributed by atoms with E-state index < -0.39 is 5.63 Å². The Morgan fingerprint density at radius 2 is 1.49 bits per heavy atom. The molecule has 0 saturated carbocycles. The van der Waals surface area contributed by atoms with Gasteiger partial charge in [0, 0.05) is 46.1 Å². The van der Waals surface area contributed by atoms with Gasteiger partial charge in [-0.05, 0) is 55.4 Å². The lowest BCUT2D eigenvalue weighted by Crippen LogP contribution is -2.11. The summed E-state index contributed by atoms with van der Waals surface area (Å²) in [5, 5.41) is 34.5. The molecular weight excluding hydrogens is 528 g/mol. The first-order valence-electron chi connectivity index (χ1n) is 12.7. The van der Waals surface area contributed by atoms with Crippen LogP contribution in [-0.4, -0.2) is 60.0 Å². The number of pyridine rings is 1. The van der Waals surface area contributed by atoms with E-state index >= 15 is 0 Å². The van der Waals surface area contributed by atoms with E-state index in [1.54, 1.807) is 34.9 Å². The fraction of sp³-hybridized carbons (Fsp3) is 0.194. The van der Waals surface area contributed by atoms with Gasteiger partial charge >= 0.3 is 5.63 Å². The maximum absolute atomic E-state index is 13.6. The number of rotatable bonds is 6. The van der Waals surface area contributed by atoms with E-state index in [4.69, 9.17) is 18.6 Å². The number of methoxy groups -OCH3 is 3. The smallest absolute Gasteiger partial charge is 0.361 e. The van der Waals surface area contributed by atoms with Gasteiger partial charge in [-0.15, -0.1) is 0 Å². The number of ether oxygens (including phenoxy) is 3. The largest absolute Gasteiger partial charge is 0.504 e. The monoisotopic (exact) mass is 556 g/mol. The molecule has 0 aliphatic carbocycles. The molecule has 10 nitrogen and oxygen atoms in total. The highest BCUT2D eigenvalue weighted by molar-refractivity contribution is 6.22. The highest BCUT2D eigenvalue weighted by Crippen LogP contribution is 2.47. The van der Waals surface area contributed by atoms with Gasteiger partial charge in [0.25, 0.3) is 0 Å². The maximum Gasteiger partial charge on any atom is 0.361 e. The van der Waals surface area contributed by atoms with Crippen molar-refractivity contribution in [2.24, 2.45) is 0 Å². The minimum Gasteiger partial charge on any atom is -0.504 e. The fourth-order valence-electron chi connectivity index (χ4n) is 5.60. The average molecular weight is 557 g/mol. The summed E-state index contributed by atoms with van der Waals surface area (Å²) in [6, 6.07) is 11.5. The summed E-state index contributed by atoms with van der Waals surface area (Å²) in [7, 11) is 8.20. The number of phenols is 3. The number of nitrogens with zero attached hydrogens (tertiary/aromatic N) is 2. The van der Waals surface area contributed by atoms with Crippen LogP contribution in [0.2, 0.25) is 0 Å². The van der Waals surface area contributed by atoms with E-state index in [0.717, 1.165) is 10.8 Å². The van der Waals surface area contributed by atoms with Crippen LogP contribution in [0.3, 0.4) is 0 Å². The number of benzene rings is 3. The highest BCUT2D eigenvalue weighted by Gasteiger charge is 2.26. The van der Waals surface area contributed by atoms with Crippen molar-refractivity contribution in [2.45, 2.75) is 6.54 Å². The Kier molecular flexibility index (Phi) is 6.08. The van der Waals surface area contributed by atoms with Crippen molar-refractivity contribution >= 4 is 38.2 Å². The number of hydrogen-bond donors (Lipinski definition) is 3. The van der Waals surface area contributed by atoms with E-state index in [-0.39, 0.29) is 45.6 Å². The number of fused-ring (bicyclic) bond motifs is 7. The van der Waals surface area contributed by atoms with Crippen LogP contribution in [0.15, 0.2) is 57.9 Å². The van der Waals surface area contributed by atoms with E-state index in [9.17, 15) is 20.1 Å². The van der Waals surface area contributed by atoms with Gasteiger partial charge in [0.1, 0.15) is 11.1 Å². The Morgan fingerprint density at radius 1 is 0.805 bits per heavy atom. The van der Waals surface area contributed by atoms with Crippen molar-refractivity contribution in [3.63, 3.8) is 0 Å². The zero-order valence-electron chi connectivity index (χ0n) is 23.1. The van der Waals surface area contributed by atoms with Crippen molar-refractivity contribution in [1.29, 1.82) is 0 Å². The molecule has 0 aliphatic heterocycles. The summed E-state index contributed by atoms with van der Waals surface area (Å²) in [6.45, 7) is 0.430. The van der Waals surface area contributed by atoms with E-state index in [2.05, 4.69) is 0 Å². The van der Waals surface area contributed by atoms with Crippen LogP contribution in [0.25, 0.3) is 49.3 Å². The third-order valence-electron chi connectivity index (χ3n) is 7.37. The minimum atomic E-state index is -0.609. The normalized spacial score (nSPS) is 11.8. The standard InChI is InChI=1S/C31H28N2O8/c1-32(2)14-19-16-8-9-33-28(17(16)11-25(40-5)30(19)36)26(15-6-7-20(34)23(10-15)38-3)27-18-12-24(39-4)21(35)13-22(18)41-31(37)29(27)33/h6-13,34-36H,14H2,1-5H3. The topological polar surface area (TPSA) is 126 Å². The Morgan fingerprint density at radius 3 is 2.17 bits per heavy atom. The number of aromatic hydroxyl groups is 3. The quantitative estimate of drug-likeness (QED) is 0.237. The van der Waals surface area contributed by atoms with Gasteiger partial charge in [-0.3, -0.25) is 0 Å². The molecule has 0 unspecified atom stereocenters. The van der Waals surface area contributed by atoms with Crippen molar-refractivity contribution < 1.29 is 33.9 Å². The van der Waals surface area contributed by atoms with E-state index in [1.807, 2.05) is 25.1 Å². The number of phenolic OH excluding ortho intramolecular Hbond substituents is 3. The first-order valence-corrected chi connectivity index (χ1v) is 12.7. The second-order valence-electron chi connectivity index (χ2n) is 10.0. The molecule has 10 heteroatoms. The minimum absolute atomic E-state index is 0.0344. The number of aromatic nitrogens is 1. The molecule has 3 N–H and O–H groups in total. The Labute approximate surface area is 233 Å². The van der Waals surface area contributed by atoms with Crippen molar-refractivity contribution in [1.82, 2.24) is 9.30 Å². The molecule has 0 fully saturated rings. The van der Waals surface area contributed by atoms with Crippen LogP contribution in [0.4, 0.5) is 0 Å². The molecule has 3 aromatic carbocycles. The second kappa shape index (κ2) is 9.53. The first kappa shape index (κ1) is 26.1. The Hall–Kier alpha value is -5.09. The van der Waals surface area contributed by atoms with Gasteiger partial charge in [0.15, 0.2) is 34.5 Å². The molecule has 6 rings (SSSR count). The van der Waals surface area contributed by atoms with Crippen molar-refractivity contribution in [3.05, 3.63) is 64.6 Å². The number of hydrogen-bond acceptors (Lipinski definition) is 9. The molecule has 3 aromatic heterocycles. The predicted molar refractivity (Wildman–Crippen MR) is 156 cm³/mol. The third-order valence-corrected chi connectivity index (χ3v) is 7.37. The summed E-state index contributed by atoms with van der Waals surface area (Å²) >= 11 is 0. The molecule has 0 atom stereocenters. The van der Waals surface area contributed by atoms with Crippen LogP contribution >= 0.6 is 0 Å². The summed E-state index contributed by atoms with van der Waals surface area (Å²) < 4.78 is 23.9. The predicted octanol–water partition coefficient (Wildman–Crippen LogP) is 5.22. The van der Waals surface area contributed by atoms with Gasteiger partial charge in [-0.25, -0.2) is 4.79 Å². The van der Waals surface area contributed by atoms with Gasteiger partial charge in [-0.2, -0.15) is 0 Å². The van der Waals surface area contributed by atoms with Gasteiger partial charge < -0.3 is 43.2 Å². The first-order chi connectivity index (χ1) is 19.7. The molecule has 0 amide bonds. The van der Waals surface area contributed by atoms with Crippen LogP contribution < -0.4 is 19.8 Å². The molecular formula is C31H28N2O8. The third kappa shape index (κ3) is 3.86. The molecule has 0 bridgehead atoms.